The van der Waals surface area contributed by atoms with Crippen LogP contribution in [0.15, 0.2) is 12.7 Å². The van der Waals surface area contributed by atoms with E-state index in [0.717, 1.165) is 0 Å². The molecule has 0 rings (SSSR count). The maximum Gasteiger partial charge on any atom is 0.391 e. The molecule has 0 bridgehead atoms. The number of carbonyl (C=O) groups is 1. The van der Waals surface area contributed by atoms with Gasteiger partial charge < -0.3 is 15.2 Å². The monoisotopic (exact) mass is 241 g/mol. The van der Waals surface area contributed by atoms with Crippen molar-refractivity contribution < 1.29 is 27.4 Å². The SMILES string of the molecule is C=CCOCCOC(=O)C(N)CC(F)(F)F. The van der Waals surface area contributed by atoms with E-state index in [0.29, 0.717) is 0 Å². The molecule has 0 fully saturated rings. The van der Waals surface area contributed by atoms with Gasteiger partial charge in [-0.25, -0.2) is 0 Å². The first-order valence-electron chi connectivity index (χ1n) is 4.54. The number of rotatable bonds is 7. The molecule has 0 spiro atoms. The predicted octanol–water partition coefficient (Wildman–Crippen LogP) is 1.01. The molecule has 0 aromatic heterocycles. The zero-order chi connectivity index (χ0) is 12.6. The summed E-state index contributed by atoms with van der Waals surface area (Å²) < 4.78 is 44.8. The second-order valence-corrected chi connectivity index (χ2v) is 2.96. The van der Waals surface area contributed by atoms with Gasteiger partial charge in [-0.1, -0.05) is 6.08 Å². The van der Waals surface area contributed by atoms with Crippen LogP contribution in [-0.2, 0) is 14.3 Å². The summed E-state index contributed by atoms with van der Waals surface area (Å²) in [6.07, 6.45) is -4.37. The molecule has 16 heavy (non-hydrogen) atoms. The van der Waals surface area contributed by atoms with Crippen LogP contribution in [0.3, 0.4) is 0 Å². The molecule has 1 atom stereocenters. The summed E-state index contributed by atoms with van der Waals surface area (Å²) in [4.78, 5) is 10.9. The highest BCUT2D eigenvalue weighted by Gasteiger charge is 2.34. The van der Waals surface area contributed by atoms with E-state index in [1.807, 2.05) is 0 Å². The summed E-state index contributed by atoms with van der Waals surface area (Å²) in [6, 6.07) is -1.68. The smallest absolute Gasteiger partial charge is 0.391 e. The minimum Gasteiger partial charge on any atom is -0.462 e. The van der Waals surface area contributed by atoms with Gasteiger partial charge in [0.05, 0.1) is 19.6 Å². The van der Waals surface area contributed by atoms with Crippen molar-refractivity contribution in [1.29, 1.82) is 0 Å². The Morgan fingerprint density at radius 2 is 2.06 bits per heavy atom. The van der Waals surface area contributed by atoms with Crippen LogP contribution < -0.4 is 5.73 Å². The first-order chi connectivity index (χ1) is 7.37. The van der Waals surface area contributed by atoms with Crippen molar-refractivity contribution >= 4 is 5.97 Å². The molecule has 0 saturated heterocycles. The van der Waals surface area contributed by atoms with Gasteiger partial charge in [0.2, 0.25) is 0 Å². The van der Waals surface area contributed by atoms with E-state index in [-0.39, 0.29) is 19.8 Å². The van der Waals surface area contributed by atoms with Crippen LogP contribution >= 0.6 is 0 Å². The van der Waals surface area contributed by atoms with E-state index >= 15 is 0 Å². The normalized spacial score (nSPS) is 13.2. The fourth-order valence-corrected chi connectivity index (χ4v) is 0.808. The van der Waals surface area contributed by atoms with Crippen LogP contribution in [0, 0.1) is 0 Å². The van der Waals surface area contributed by atoms with Crippen LogP contribution in [0.1, 0.15) is 6.42 Å². The van der Waals surface area contributed by atoms with Crippen molar-refractivity contribution in [3.8, 4) is 0 Å². The third-order valence-corrected chi connectivity index (χ3v) is 1.46. The first-order valence-corrected chi connectivity index (χ1v) is 4.54. The van der Waals surface area contributed by atoms with Crippen molar-refractivity contribution in [1.82, 2.24) is 0 Å². The van der Waals surface area contributed by atoms with E-state index < -0.39 is 24.6 Å². The zero-order valence-corrected chi connectivity index (χ0v) is 8.63. The fourth-order valence-electron chi connectivity index (χ4n) is 0.808. The zero-order valence-electron chi connectivity index (χ0n) is 8.63. The van der Waals surface area contributed by atoms with Crippen LogP contribution in [-0.4, -0.2) is 38.0 Å². The predicted molar refractivity (Wildman–Crippen MR) is 50.6 cm³/mol. The molecule has 0 aromatic rings. The lowest BCUT2D eigenvalue weighted by molar-refractivity contribution is -0.161. The van der Waals surface area contributed by atoms with E-state index in [1.54, 1.807) is 0 Å². The molecule has 0 radical (unpaired) electrons. The fraction of sp³-hybridized carbons (Fsp3) is 0.667. The lowest BCUT2D eigenvalue weighted by atomic mass is 10.2. The number of alkyl halides is 3. The molecular formula is C9H14F3NO3. The molecule has 0 saturated carbocycles. The lowest BCUT2D eigenvalue weighted by Crippen LogP contribution is -2.37. The minimum absolute atomic E-state index is 0.0937. The molecule has 2 N–H and O–H groups in total. The maximum atomic E-state index is 11.8. The minimum atomic E-state index is -4.47. The quantitative estimate of drug-likeness (QED) is 0.410. The Morgan fingerprint density at radius 3 is 2.56 bits per heavy atom. The third-order valence-electron chi connectivity index (χ3n) is 1.46. The molecule has 0 amide bonds. The van der Waals surface area contributed by atoms with Crippen molar-refractivity contribution in [2.75, 3.05) is 19.8 Å². The highest BCUT2D eigenvalue weighted by atomic mass is 19.4. The number of esters is 1. The van der Waals surface area contributed by atoms with Gasteiger partial charge in [-0.05, 0) is 0 Å². The molecule has 0 aliphatic heterocycles. The average Bonchev–Trinajstić information content (AvgIpc) is 2.14. The molecule has 0 aliphatic rings. The van der Waals surface area contributed by atoms with Crippen molar-refractivity contribution in [2.24, 2.45) is 5.73 Å². The maximum absolute atomic E-state index is 11.8. The molecule has 94 valence electrons. The Bertz CT molecular complexity index is 231. The van der Waals surface area contributed by atoms with Crippen LogP contribution in [0.25, 0.3) is 0 Å². The Morgan fingerprint density at radius 1 is 1.44 bits per heavy atom. The number of nitrogens with two attached hydrogens (primary N) is 1. The van der Waals surface area contributed by atoms with Crippen molar-refractivity contribution in [3.63, 3.8) is 0 Å². The van der Waals surface area contributed by atoms with E-state index in [1.165, 1.54) is 6.08 Å². The second-order valence-electron chi connectivity index (χ2n) is 2.96. The summed E-state index contributed by atoms with van der Waals surface area (Å²) in [6.45, 7) is 3.64. The summed E-state index contributed by atoms with van der Waals surface area (Å²) in [5.41, 5.74) is 4.99. The van der Waals surface area contributed by atoms with Crippen molar-refractivity contribution in [2.45, 2.75) is 18.6 Å². The van der Waals surface area contributed by atoms with Crippen LogP contribution in [0.2, 0.25) is 0 Å². The number of hydrogen-bond acceptors (Lipinski definition) is 4. The second kappa shape index (κ2) is 7.24. The molecular weight excluding hydrogens is 227 g/mol. The van der Waals surface area contributed by atoms with Gasteiger partial charge >= 0.3 is 12.1 Å². The number of ether oxygens (including phenoxy) is 2. The van der Waals surface area contributed by atoms with Gasteiger partial charge in [-0.2, -0.15) is 13.2 Å². The topological polar surface area (TPSA) is 61.5 Å². The van der Waals surface area contributed by atoms with Gasteiger partial charge in [0.1, 0.15) is 12.6 Å². The average molecular weight is 241 g/mol. The third kappa shape index (κ3) is 8.25. The summed E-state index contributed by atoms with van der Waals surface area (Å²) in [5, 5.41) is 0. The highest BCUT2D eigenvalue weighted by Crippen LogP contribution is 2.20. The van der Waals surface area contributed by atoms with E-state index in [4.69, 9.17) is 10.5 Å². The Hall–Kier alpha value is -1.08. The molecule has 0 aromatic carbocycles. The highest BCUT2D eigenvalue weighted by molar-refractivity contribution is 5.75. The Kier molecular flexibility index (Phi) is 6.75. The van der Waals surface area contributed by atoms with Gasteiger partial charge in [0.25, 0.3) is 0 Å². The summed E-state index contributed by atoms with van der Waals surface area (Å²) in [5.74, 6) is -1.08. The first kappa shape index (κ1) is 14.9. The molecule has 0 aliphatic carbocycles. The number of hydrogen-bond donors (Lipinski definition) is 1. The number of carbonyl (C=O) groups excluding carboxylic acids is 1. The lowest BCUT2D eigenvalue weighted by Gasteiger charge is -2.13. The van der Waals surface area contributed by atoms with E-state index in [9.17, 15) is 18.0 Å². The van der Waals surface area contributed by atoms with E-state index in [2.05, 4.69) is 11.3 Å². The van der Waals surface area contributed by atoms with Gasteiger partial charge in [0.15, 0.2) is 0 Å². The van der Waals surface area contributed by atoms with Crippen LogP contribution in [0.4, 0.5) is 13.2 Å². The molecule has 7 heteroatoms. The number of halogens is 3. The van der Waals surface area contributed by atoms with Gasteiger partial charge in [0, 0.05) is 0 Å². The summed E-state index contributed by atoms with van der Waals surface area (Å²) in [7, 11) is 0. The Labute approximate surface area is 91.2 Å². The standard InChI is InChI=1S/C9H14F3NO3/c1-2-3-15-4-5-16-8(14)7(13)6-9(10,11)12/h2,7H,1,3-6,13H2. The summed E-state index contributed by atoms with van der Waals surface area (Å²) >= 11 is 0. The van der Waals surface area contributed by atoms with Crippen molar-refractivity contribution in [3.05, 3.63) is 12.7 Å². The van der Waals surface area contributed by atoms with Gasteiger partial charge in [-0.15, -0.1) is 6.58 Å². The molecule has 1 unspecified atom stereocenters. The largest absolute Gasteiger partial charge is 0.462 e. The molecule has 4 nitrogen and oxygen atoms in total. The van der Waals surface area contributed by atoms with Gasteiger partial charge in [-0.3, -0.25) is 4.79 Å². The molecule has 0 heterocycles. The van der Waals surface area contributed by atoms with Crippen LogP contribution in [0.5, 0.6) is 0 Å². The Balaban J connectivity index is 3.67.